The molecule has 0 saturated heterocycles. The van der Waals surface area contributed by atoms with Crippen molar-refractivity contribution in [1.82, 2.24) is 0 Å². The average molecular weight is 273 g/mol. The van der Waals surface area contributed by atoms with Crippen molar-refractivity contribution in [2.45, 2.75) is 22.5 Å². The molecule has 2 aliphatic rings. The Hall–Kier alpha value is -0.350. The summed E-state index contributed by atoms with van der Waals surface area (Å²) in [6.45, 7) is 0. The van der Waals surface area contributed by atoms with Crippen molar-refractivity contribution in [1.29, 1.82) is 0 Å². The van der Waals surface area contributed by atoms with Crippen molar-refractivity contribution in [3.05, 3.63) is 28.7 Å². The van der Waals surface area contributed by atoms with E-state index in [2.05, 4.69) is 15.9 Å². The monoisotopic (exact) mass is 272 g/mol. The van der Waals surface area contributed by atoms with Crippen LogP contribution in [-0.2, 0) is 9.84 Å². The van der Waals surface area contributed by atoms with Crippen molar-refractivity contribution in [3.63, 3.8) is 0 Å². The highest BCUT2D eigenvalue weighted by Gasteiger charge is 2.77. The normalized spacial score (nSPS) is 33.6. The number of hydrogen-bond acceptors (Lipinski definition) is 2. The predicted molar refractivity (Wildman–Crippen MR) is 56.8 cm³/mol. The van der Waals surface area contributed by atoms with Crippen LogP contribution >= 0.6 is 15.9 Å². The van der Waals surface area contributed by atoms with Gasteiger partial charge in [-0.2, -0.15) is 0 Å². The number of sulfone groups is 1. The molecule has 0 radical (unpaired) electrons. The minimum Gasteiger partial charge on any atom is -0.223 e. The Morgan fingerprint density at radius 3 is 2.50 bits per heavy atom. The summed E-state index contributed by atoms with van der Waals surface area (Å²) in [6.07, 6.45) is 1.75. The molecule has 0 heterocycles. The third-order valence-electron chi connectivity index (χ3n) is 3.25. The van der Waals surface area contributed by atoms with Crippen LogP contribution in [0.4, 0.5) is 0 Å². The molecule has 0 atom stereocenters. The summed E-state index contributed by atoms with van der Waals surface area (Å²) in [4.78, 5) is 0.465. The second kappa shape index (κ2) is 2.42. The third kappa shape index (κ3) is 0.984. The molecule has 2 nitrogen and oxygen atoms in total. The molecular weight excluding hydrogens is 264 g/mol. The van der Waals surface area contributed by atoms with E-state index in [9.17, 15) is 8.42 Å². The first-order valence-electron chi connectivity index (χ1n) is 4.56. The maximum atomic E-state index is 12.1. The summed E-state index contributed by atoms with van der Waals surface area (Å²) >= 11 is 3.29. The van der Waals surface area contributed by atoms with Crippen LogP contribution < -0.4 is 0 Å². The zero-order valence-corrected chi connectivity index (χ0v) is 9.81. The molecule has 0 spiro atoms. The predicted octanol–water partition coefficient (Wildman–Crippen LogP) is 2.39. The molecule has 14 heavy (non-hydrogen) atoms. The lowest BCUT2D eigenvalue weighted by atomic mass is 10.4. The molecule has 0 bridgehead atoms. The van der Waals surface area contributed by atoms with Crippen LogP contribution in [0.3, 0.4) is 0 Å². The van der Waals surface area contributed by atoms with Crippen molar-refractivity contribution < 1.29 is 8.42 Å². The zero-order valence-electron chi connectivity index (χ0n) is 7.40. The lowest BCUT2D eigenvalue weighted by molar-refractivity contribution is 0.587. The molecule has 0 aromatic heterocycles. The van der Waals surface area contributed by atoms with Crippen LogP contribution in [0.25, 0.3) is 0 Å². The zero-order chi connectivity index (χ0) is 9.97. The Morgan fingerprint density at radius 1 is 1.36 bits per heavy atom. The summed E-state index contributed by atoms with van der Waals surface area (Å²) in [5.74, 6) is 0.464. The molecule has 2 aliphatic carbocycles. The van der Waals surface area contributed by atoms with Crippen LogP contribution in [0.1, 0.15) is 12.8 Å². The Kier molecular flexibility index (Phi) is 1.54. The van der Waals surface area contributed by atoms with Gasteiger partial charge in [0.05, 0.1) is 9.64 Å². The highest BCUT2D eigenvalue weighted by molar-refractivity contribution is 9.10. The number of hydrogen-bond donors (Lipinski definition) is 0. The smallest absolute Gasteiger partial charge is 0.184 e. The van der Waals surface area contributed by atoms with Crippen molar-refractivity contribution in [2.24, 2.45) is 5.92 Å². The molecule has 74 valence electrons. The lowest BCUT2D eigenvalue weighted by Crippen LogP contribution is -2.14. The van der Waals surface area contributed by atoms with Gasteiger partial charge < -0.3 is 0 Å². The van der Waals surface area contributed by atoms with E-state index >= 15 is 0 Å². The van der Waals surface area contributed by atoms with E-state index in [0.717, 1.165) is 17.3 Å². The summed E-state index contributed by atoms with van der Waals surface area (Å²) in [5, 5.41) is 0. The van der Waals surface area contributed by atoms with Gasteiger partial charge in [-0.05, 0) is 37.0 Å². The van der Waals surface area contributed by atoms with Gasteiger partial charge in [-0.25, -0.2) is 8.42 Å². The first kappa shape index (κ1) is 8.92. The molecular formula is C10H9BrO2S. The van der Waals surface area contributed by atoms with Crippen LogP contribution in [0.2, 0.25) is 0 Å². The van der Waals surface area contributed by atoms with E-state index < -0.39 is 9.84 Å². The van der Waals surface area contributed by atoms with Gasteiger partial charge in [0.15, 0.2) is 9.84 Å². The van der Waals surface area contributed by atoms with Gasteiger partial charge in [0.1, 0.15) is 0 Å². The first-order chi connectivity index (χ1) is 6.56. The van der Waals surface area contributed by atoms with Crippen LogP contribution in [0, 0.1) is 5.92 Å². The van der Waals surface area contributed by atoms with Crippen LogP contribution in [-0.4, -0.2) is 13.2 Å². The topological polar surface area (TPSA) is 34.1 Å². The Morgan fingerprint density at radius 2 is 2.00 bits per heavy atom. The first-order valence-corrected chi connectivity index (χ1v) is 6.84. The van der Waals surface area contributed by atoms with E-state index in [4.69, 9.17) is 0 Å². The number of rotatable bonds is 2. The quantitative estimate of drug-likeness (QED) is 0.829. The van der Waals surface area contributed by atoms with Gasteiger partial charge >= 0.3 is 0 Å². The van der Waals surface area contributed by atoms with Gasteiger partial charge in [-0.15, -0.1) is 0 Å². The highest BCUT2D eigenvalue weighted by atomic mass is 79.9. The standard InChI is InChI=1S/C10H9BrO2S/c11-8-2-1-3-9(4-8)14(12,13)10-5-7(10)6-10/h1-4,7H,5-6H2. The van der Waals surface area contributed by atoms with E-state index in [-0.39, 0.29) is 4.75 Å². The minimum absolute atomic E-state index is 0.339. The molecule has 0 aliphatic heterocycles. The van der Waals surface area contributed by atoms with E-state index in [1.807, 2.05) is 6.07 Å². The second-order valence-electron chi connectivity index (χ2n) is 4.13. The van der Waals surface area contributed by atoms with E-state index in [1.165, 1.54) is 0 Å². The molecule has 1 aromatic carbocycles. The largest absolute Gasteiger partial charge is 0.223 e. The van der Waals surface area contributed by atoms with Gasteiger partial charge in [0.25, 0.3) is 0 Å². The van der Waals surface area contributed by atoms with Crippen molar-refractivity contribution in [3.8, 4) is 0 Å². The molecule has 2 fully saturated rings. The van der Waals surface area contributed by atoms with Gasteiger partial charge in [0.2, 0.25) is 0 Å². The fourth-order valence-electron chi connectivity index (χ4n) is 1.96. The lowest BCUT2D eigenvalue weighted by Gasteiger charge is -2.06. The molecule has 0 amide bonds. The summed E-state index contributed by atoms with van der Waals surface area (Å²) in [6, 6.07) is 6.99. The number of benzene rings is 1. The summed E-state index contributed by atoms with van der Waals surface area (Å²) in [7, 11) is -3.04. The molecule has 4 heteroatoms. The number of fused-ring (bicyclic) bond motifs is 1. The summed E-state index contributed by atoms with van der Waals surface area (Å²) in [5.41, 5.74) is 0. The van der Waals surface area contributed by atoms with E-state index in [1.54, 1.807) is 18.2 Å². The SMILES string of the molecule is O=S(=O)(c1cccc(Br)c1)C12CC1C2. The minimum atomic E-state index is -3.04. The molecule has 0 unspecified atom stereocenters. The fourth-order valence-corrected chi connectivity index (χ4v) is 4.80. The Bertz CT molecular complexity index is 501. The molecule has 3 rings (SSSR count). The maximum absolute atomic E-state index is 12.1. The maximum Gasteiger partial charge on any atom is 0.184 e. The van der Waals surface area contributed by atoms with Gasteiger partial charge in [-0.3, -0.25) is 0 Å². The third-order valence-corrected chi connectivity index (χ3v) is 6.35. The average Bonchev–Trinajstić information content (AvgIpc) is 2.89. The van der Waals surface area contributed by atoms with Crippen molar-refractivity contribution in [2.75, 3.05) is 0 Å². The van der Waals surface area contributed by atoms with Crippen LogP contribution in [0.5, 0.6) is 0 Å². The van der Waals surface area contributed by atoms with Crippen molar-refractivity contribution >= 4 is 25.8 Å². The summed E-state index contributed by atoms with van der Waals surface area (Å²) < 4.78 is 24.7. The molecule has 2 saturated carbocycles. The molecule has 0 N–H and O–H groups in total. The molecule has 1 aromatic rings. The highest BCUT2D eigenvalue weighted by Crippen LogP contribution is 2.73. The van der Waals surface area contributed by atoms with Gasteiger partial charge in [0, 0.05) is 4.47 Å². The van der Waals surface area contributed by atoms with Gasteiger partial charge in [-0.1, -0.05) is 22.0 Å². The second-order valence-corrected chi connectivity index (χ2v) is 7.34. The van der Waals surface area contributed by atoms with E-state index in [0.29, 0.717) is 10.8 Å². The number of halogens is 1. The van der Waals surface area contributed by atoms with Crippen LogP contribution in [0.15, 0.2) is 33.6 Å². The Labute approximate surface area is 91.4 Å². The Balaban J connectivity index is 2.10. The fraction of sp³-hybridized carbons (Fsp3) is 0.400.